The smallest absolute Gasteiger partial charge is 0.138 e. The lowest BCUT2D eigenvalue weighted by Crippen LogP contribution is -2.36. The fourth-order valence-electron chi connectivity index (χ4n) is 2.42. The highest BCUT2D eigenvalue weighted by Crippen LogP contribution is 2.15. The molecule has 1 aliphatic heterocycles. The summed E-state index contributed by atoms with van der Waals surface area (Å²) in [6.45, 7) is 8.67. The van der Waals surface area contributed by atoms with Crippen LogP contribution >= 0.6 is 0 Å². The minimum atomic E-state index is 0.115. The average molecular weight is 277 g/mol. The second kappa shape index (κ2) is 5.34. The van der Waals surface area contributed by atoms with E-state index in [9.17, 15) is 0 Å². The first-order valence-electron chi connectivity index (χ1n) is 6.78. The van der Waals surface area contributed by atoms with E-state index in [2.05, 4.69) is 20.8 Å². The van der Waals surface area contributed by atoms with Crippen LogP contribution in [0.1, 0.15) is 28.4 Å². The number of rotatable bonds is 4. The van der Waals surface area contributed by atoms with E-state index >= 15 is 0 Å². The summed E-state index contributed by atoms with van der Waals surface area (Å²) in [6.07, 6.45) is 0.115. The van der Waals surface area contributed by atoms with E-state index in [-0.39, 0.29) is 6.10 Å². The van der Waals surface area contributed by atoms with Gasteiger partial charge < -0.3 is 14.6 Å². The van der Waals surface area contributed by atoms with Crippen molar-refractivity contribution in [3.8, 4) is 0 Å². The number of aromatic nitrogens is 4. The van der Waals surface area contributed by atoms with Crippen LogP contribution in [-0.4, -0.2) is 32.8 Å². The van der Waals surface area contributed by atoms with Crippen molar-refractivity contribution < 1.29 is 9.26 Å². The third kappa shape index (κ3) is 2.46. The molecule has 3 heterocycles. The summed E-state index contributed by atoms with van der Waals surface area (Å²) in [7, 11) is 0. The summed E-state index contributed by atoms with van der Waals surface area (Å²) in [4.78, 5) is 0. The highest BCUT2D eigenvalue weighted by atomic mass is 16.5. The molecule has 0 amide bonds. The van der Waals surface area contributed by atoms with Crippen LogP contribution in [0, 0.1) is 20.8 Å². The summed E-state index contributed by atoms with van der Waals surface area (Å²) >= 11 is 0. The van der Waals surface area contributed by atoms with Gasteiger partial charge in [0.1, 0.15) is 5.76 Å². The second-order valence-corrected chi connectivity index (χ2v) is 5.17. The molecule has 0 fully saturated rings. The van der Waals surface area contributed by atoms with E-state index in [0.29, 0.717) is 6.61 Å². The van der Waals surface area contributed by atoms with Gasteiger partial charge in [-0.1, -0.05) is 10.4 Å². The molecule has 108 valence electrons. The van der Waals surface area contributed by atoms with E-state index in [1.165, 1.54) is 0 Å². The van der Waals surface area contributed by atoms with Gasteiger partial charge in [0.25, 0.3) is 0 Å². The van der Waals surface area contributed by atoms with E-state index in [1.54, 1.807) is 0 Å². The predicted octanol–water partition coefficient (Wildman–Crippen LogP) is 0.880. The summed E-state index contributed by atoms with van der Waals surface area (Å²) in [5.41, 5.74) is 4.09. The third-order valence-electron chi connectivity index (χ3n) is 3.72. The van der Waals surface area contributed by atoms with Crippen LogP contribution in [0.25, 0.3) is 0 Å². The summed E-state index contributed by atoms with van der Waals surface area (Å²) in [5.74, 6) is 0.869. The second-order valence-electron chi connectivity index (χ2n) is 5.17. The Labute approximate surface area is 117 Å². The average Bonchev–Trinajstić information content (AvgIpc) is 2.96. The molecular weight excluding hydrogens is 258 g/mol. The van der Waals surface area contributed by atoms with Crippen LogP contribution in [-0.2, 0) is 24.4 Å². The van der Waals surface area contributed by atoms with E-state index < -0.39 is 0 Å². The Morgan fingerprint density at radius 2 is 2.15 bits per heavy atom. The molecule has 2 aromatic heterocycles. The molecule has 0 spiro atoms. The van der Waals surface area contributed by atoms with Crippen LogP contribution in [0.5, 0.6) is 0 Å². The molecule has 7 nitrogen and oxygen atoms in total. The number of hydrogen-bond acceptors (Lipinski definition) is 6. The van der Waals surface area contributed by atoms with Crippen molar-refractivity contribution in [2.45, 2.75) is 46.6 Å². The Balaban J connectivity index is 1.53. The van der Waals surface area contributed by atoms with E-state index in [1.807, 2.05) is 25.5 Å². The van der Waals surface area contributed by atoms with Crippen LogP contribution in [0.4, 0.5) is 0 Å². The first kappa shape index (κ1) is 13.3. The molecule has 0 saturated carbocycles. The van der Waals surface area contributed by atoms with E-state index in [4.69, 9.17) is 9.26 Å². The van der Waals surface area contributed by atoms with Gasteiger partial charge in [0, 0.05) is 18.7 Å². The minimum absolute atomic E-state index is 0.115. The first-order chi connectivity index (χ1) is 9.65. The van der Waals surface area contributed by atoms with Gasteiger partial charge in [-0.3, -0.25) is 0 Å². The van der Waals surface area contributed by atoms with Gasteiger partial charge in [0.2, 0.25) is 0 Å². The van der Waals surface area contributed by atoms with Gasteiger partial charge in [-0.25, -0.2) is 4.68 Å². The quantitative estimate of drug-likeness (QED) is 0.894. The lowest BCUT2D eigenvalue weighted by Gasteiger charge is -2.24. The first-order valence-corrected chi connectivity index (χ1v) is 6.78. The number of nitrogens with one attached hydrogen (secondary N) is 1. The molecule has 0 aliphatic carbocycles. The monoisotopic (exact) mass is 277 g/mol. The maximum Gasteiger partial charge on any atom is 0.138 e. The molecule has 1 aliphatic rings. The molecule has 1 unspecified atom stereocenters. The van der Waals surface area contributed by atoms with Gasteiger partial charge >= 0.3 is 0 Å². The van der Waals surface area contributed by atoms with Crippen LogP contribution in [0.15, 0.2) is 4.52 Å². The van der Waals surface area contributed by atoms with Gasteiger partial charge in [-0.05, 0) is 20.8 Å². The zero-order chi connectivity index (χ0) is 14.1. The normalized spacial score (nSPS) is 18.2. The maximum absolute atomic E-state index is 5.82. The Bertz CT molecular complexity index is 584. The molecule has 20 heavy (non-hydrogen) atoms. The molecular formula is C13H19N5O2. The molecule has 0 aromatic carbocycles. The van der Waals surface area contributed by atoms with Crippen molar-refractivity contribution in [2.24, 2.45) is 0 Å². The van der Waals surface area contributed by atoms with Crippen molar-refractivity contribution in [3.63, 3.8) is 0 Å². The molecule has 7 heteroatoms. The largest absolute Gasteiger partial charge is 0.369 e. The number of fused-ring (bicyclic) bond motifs is 1. The Morgan fingerprint density at radius 3 is 2.90 bits per heavy atom. The van der Waals surface area contributed by atoms with Gasteiger partial charge in [-0.15, -0.1) is 5.10 Å². The molecule has 3 rings (SSSR count). The molecule has 0 bridgehead atoms. The SMILES string of the molecule is Cc1noc(C)c1CNCC1Cn2nnc(C)c2CO1. The summed E-state index contributed by atoms with van der Waals surface area (Å²) in [5, 5.41) is 15.5. The number of ether oxygens (including phenoxy) is 1. The molecule has 0 saturated heterocycles. The fraction of sp³-hybridized carbons (Fsp3) is 0.615. The fourth-order valence-corrected chi connectivity index (χ4v) is 2.42. The van der Waals surface area contributed by atoms with Crippen molar-refractivity contribution >= 4 is 0 Å². The number of hydrogen-bond donors (Lipinski definition) is 1. The highest BCUT2D eigenvalue weighted by molar-refractivity contribution is 5.20. The Morgan fingerprint density at radius 1 is 1.30 bits per heavy atom. The van der Waals surface area contributed by atoms with Crippen LogP contribution in [0.2, 0.25) is 0 Å². The third-order valence-corrected chi connectivity index (χ3v) is 3.72. The lowest BCUT2D eigenvalue weighted by atomic mass is 10.2. The van der Waals surface area contributed by atoms with Crippen LogP contribution < -0.4 is 5.32 Å². The molecule has 1 N–H and O–H groups in total. The highest BCUT2D eigenvalue weighted by Gasteiger charge is 2.22. The maximum atomic E-state index is 5.82. The topological polar surface area (TPSA) is 78.0 Å². The Hall–Kier alpha value is -1.73. The summed E-state index contributed by atoms with van der Waals surface area (Å²) < 4.78 is 12.9. The van der Waals surface area contributed by atoms with Gasteiger partial charge in [0.05, 0.1) is 36.3 Å². The van der Waals surface area contributed by atoms with E-state index in [0.717, 1.165) is 48.0 Å². The number of aryl methyl sites for hydroxylation is 3. The molecule has 0 radical (unpaired) electrons. The van der Waals surface area contributed by atoms with Crippen LogP contribution in [0.3, 0.4) is 0 Å². The molecule has 1 atom stereocenters. The zero-order valence-corrected chi connectivity index (χ0v) is 12.0. The lowest BCUT2D eigenvalue weighted by molar-refractivity contribution is 0.000672. The van der Waals surface area contributed by atoms with Crippen molar-refractivity contribution in [1.29, 1.82) is 0 Å². The minimum Gasteiger partial charge on any atom is -0.369 e. The number of nitrogens with zero attached hydrogens (tertiary/aromatic N) is 4. The standard InChI is InChI=1S/C13H19N5O2/c1-8-12(10(3)20-16-8)5-14-4-11-6-18-13(7-19-11)9(2)15-17-18/h11,14H,4-7H2,1-3H3. The summed E-state index contributed by atoms with van der Waals surface area (Å²) in [6, 6.07) is 0. The predicted molar refractivity (Wildman–Crippen MR) is 71.0 cm³/mol. The van der Waals surface area contributed by atoms with Crippen molar-refractivity contribution in [1.82, 2.24) is 25.5 Å². The van der Waals surface area contributed by atoms with Crippen molar-refractivity contribution in [3.05, 3.63) is 28.4 Å². The molecule has 2 aromatic rings. The Kier molecular flexibility index (Phi) is 3.54. The zero-order valence-electron chi connectivity index (χ0n) is 12.0. The van der Waals surface area contributed by atoms with Crippen molar-refractivity contribution in [2.75, 3.05) is 6.54 Å². The van der Waals surface area contributed by atoms with Gasteiger partial charge in [-0.2, -0.15) is 0 Å². The van der Waals surface area contributed by atoms with Gasteiger partial charge in [0.15, 0.2) is 0 Å².